The van der Waals surface area contributed by atoms with Gasteiger partial charge in [-0.25, -0.2) is 4.98 Å². The molecule has 5 heteroatoms. The van der Waals surface area contributed by atoms with Crippen molar-refractivity contribution in [3.8, 4) is 10.7 Å². The molecule has 0 N–H and O–H groups in total. The Morgan fingerprint density at radius 3 is 2.92 bits per heavy atom. The van der Waals surface area contributed by atoms with E-state index in [1.807, 2.05) is 40.6 Å². The number of rotatable bonds is 4. The molecule has 3 aromatic rings. The second kappa shape index (κ2) is 7.15. The van der Waals surface area contributed by atoms with Crippen LogP contribution < -0.4 is 4.90 Å². The number of hydrogen-bond acceptors (Lipinski definition) is 4. The van der Waals surface area contributed by atoms with Crippen molar-refractivity contribution in [3.05, 3.63) is 65.3 Å². The van der Waals surface area contributed by atoms with Gasteiger partial charge in [-0.05, 0) is 43.0 Å². The van der Waals surface area contributed by atoms with Gasteiger partial charge in [0.25, 0.3) is 0 Å². The van der Waals surface area contributed by atoms with Crippen molar-refractivity contribution in [2.75, 3.05) is 11.4 Å². The second-order valence-electron chi connectivity index (χ2n) is 6.14. The average molecular weight is 349 g/mol. The van der Waals surface area contributed by atoms with Gasteiger partial charge in [0.2, 0.25) is 5.91 Å². The van der Waals surface area contributed by atoms with Gasteiger partial charge >= 0.3 is 0 Å². The highest BCUT2D eigenvalue weighted by molar-refractivity contribution is 7.13. The molecule has 0 bridgehead atoms. The summed E-state index contributed by atoms with van der Waals surface area (Å²) in [4.78, 5) is 23.6. The molecule has 126 valence electrons. The van der Waals surface area contributed by atoms with Crippen molar-refractivity contribution in [1.82, 2.24) is 9.97 Å². The number of thiazole rings is 1. The van der Waals surface area contributed by atoms with Crippen LogP contribution in [0.4, 0.5) is 5.69 Å². The Labute approximate surface area is 151 Å². The molecule has 1 aliphatic rings. The van der Waals surface area contributed by atoms with Crippen LogP contribution in [0, 0.1) is 0 Å². The van der Waals surface area contributed by atoms with Crippen molar-refractivity contribution < 1.29 is 4.79 Å². The number of fused-ring (bicyclic) bond motifs is 1. The first-order valence-electron chi connectivity index (χ1n) is 8.55. The number of aryl methyl sites for hydroxylation is 2. The predicted octanol–water partition coefficient (Wildman–Crippen LogP) is 4.12. The SMILES string of the molecule is O=C(CCc1csc(-c2ccccn2)n1)N1CCCc2ccccc21. The number of pyridine rings is 1. The highest BCUT2D eigenvalue weighted by atomic mass is 32.1. The van der Waals surface area contributed by atoms with E-state index in [0.717, 1.165) is 41.5 Å². The van der Waals surface area contributed by atoms with Crippen molar-refractivity contribution >= 4 is 22.9 Å². The summed E-state index contributed by atoms with van der Waals surface area (Å²) in [6, 6.07) is 14.0. The molecule has 1 aliphatic heterocycles. The minimum absolute atomic E-state index is 0.180. The quantitative estimate of drug-likeness (QED) is 0.712. The summed E-state index contributed by atoms with van der Waals surface area (Å²) in [6.07, 6.45) is 5.01. The fraction of sp³-hybridized carbons (Fsp3) is 0.250. The van der Waals surface area contributed by atoms with Crippen molar-refractivity contribution in [1.29, 1.82) is 0 Å². The highest BCUT2D eigenvalue weighted by Crippen LogP contribution is 2.28. The van der Waals surface area contributed by atoms with E-state index in [4.69, 9.17) is 0 Å². The molecule has 4 nitrogen and oxygen atoms in total. The van der Waals surface area contributed by atoms with E-state index in [9.17, 15) is 4.79 Å². The number of carbonyl (C=O) groups excluding carboxylic acids is 1. The number of para-hydroxylation sites is 1. The molecule has 0 saturated carbocycles. The molecule has 1 amide bonds. The van der Waals surface area contributed by atoms with Crippen LogP contribution in [0.2, 0.25) is 0 Å². The normalized spacial score (nSPS) is 13.5. The Kier molecular flexibility index (Phi) is 4.57. The third-order valence-electron chi connectivity index (χ3n) is 4.44. The summed E-state index contributed by atoms with van der Waals surface area (Å²) >= 11 is 1.58. The average Bonchev–Trinajstić information content (AvgIpc) is 3.15. The molecule has 4 rings (SSSR count). The number of benzene rings is 1. The second-order valence-corrected chi connectivity index (χ2v) is 6.99. The molecule has 1 aromatic carbocycles. The summed E-state index contributed by atoms with van der Waals surface area (Å²) < 4.78 is 0. The lowest BCUT2D eigenvalue weighted by Gasteiger charge is -2.29. The minimum atomic E-state index is 0.180. The van der Waals surface area contributed by atoms with Crippen LogP contribution in [0.5, 0.6) is 0 Å². The van der Waals surface area contributed by atoms with Crippen LogP contribution in [0.1, 0.15) is 24.1 Å². The van der Waals surface area contributed by atoms with Crippen LogP contribution in [0.25, 0.3) is 10.7 Å². The molecule has 0 aliphatic carbocycles. The first kappa shape index (κ1) is 16.0. The van der Waals surface area contributed by atoms with Gasteiger partial charge in [0.05, 0.1) is 11.4 Å². The number of hydrogen-bond donors (Lipinski definition) is 0. The number of aromatic nitrogens is 2. The van der Waals surface area contributed by atoms with Crippen molar-refractivity contribution in [3.63, 3.8) is 0 Å². The smallest absolute Gasteiger partial charge is 0.227 e. The van der Waals surface area contributed by atoms with E-state index in [1.54, 1.807) is 17.5 Å². The maximum atomic E-state index is 12.7. The maximum absolute atomic E-state index is 12.7. The third kappa shape index (κ3) is 3.46. The van der Waals surface area contributed by atoms with Crippen LogP contribution in [-0.4, -0.2) is 22.4 Å². The molecule has 0 fully saturated rings. The molecule has 25 heavy (non-hydrogen) atoms. The topological polar surface area (TPSA) is 46.1 Å². The van der Waals surface area contributed by atoms with Crippen LogP contribution >= 0.6 is 11.3 Å². The van der Waals surface area contributed by atoms with E-state index in [-0.39, 0.29) is 5.91 Å². The van der Waals surface area contributed by atoms with Gasteiger partial charge in [0, 0.05) is 30.2 Å². The standard InChI is InChI=1S/C20H19N3OS/c24-19(23-13-5-7-15-6-1-2-9-18(15)23)11-10-16-14-25-20(22-16)17-8-3-4-12-21-17/h1-4,6,8-9,12,14H,5,7,10-11,13H2. The Morgan fingerprint density at radius 2 is 2.04 bits per heavy atom. The Balaban J connectivity index is 1.42. The zero-order valence-corrected chi connectivity index (χ0v) is 14.7. The number of carbonyl (C=O) groups is 1. The van der Waals surface area contributed by atoms with Gasteiger partial charge < -0.3 is 4.90 Å². The molecule has 0 saturated heterocycles. The predicted molar refractivity (Wildman–Crippen MR) is 101 cm³/mol. The molecule has 2 aromatic heterocycles. The highest BCUT2D eigenvalue weighted by Gasteiger charge is 2.22. The number of nitrogens with zero attached hydrogens (tertiary/aromatic N) is 3. The largest absolute Gasteiger partial charge is 0.312 e. The molecular weight excluding hydrogens is 330 g/mol. The third-order valence-corrected chi connectivity index (χ3v) is 5.36. The summed E-state index contributed by atoms with van der Waals surface area (Å²) in [6.45, 7) is 0.812. The van der Waals surface area contributed by atoms with Gasteiger partial charge in [-0.3, -0.25) is 9.78 Å². The summed E-state index contributed by atoms with van der Waals surface area (Å²) in [5.41, 5.74) is 4.19. The van der Waals surface area contributed by atoms with Crippen LogP contribution in [0.3, 0.4) is 0 Å². The monoisotopic (exact) mass is 349 g/mol. The molecule has 0 unspecified atom stereocenters. The van der Waals surface area contributed by atoms with Gasteiger partial charge in [0.1, 0.15) is 5.01 Å². The van der Waals surface area contributed by atoms with Crippen molar-refractivity contribution in [2.24, 2.45) is 0 Å². The van der Waals surface area contributed by atoms with Gasteiger partial charge in [-0.1, -0.05) is 24.3 Å². The first-order chi connectivity index (χ1) is 12.3. The van der Waals surface area contributed by atoms with E-state index in [1.165, 1.54) is 5.56 Å². The van der Waals surface area contributed by atoms with E-state index >= 15 is 0 Å². The number of amides is 1. The Hall–Kier alpha value is -2.53. The maximum Gasteiger partial charge on any atom is 0.227 e. The lowest BCUT2D eigenvalue weighted by molar-refractivity contribution is -0.118. The molecule has 0 atom stereocenters. The fourth-order valence-corrected chi connectivity index (χ4v) is 4.02. The zero-order chi connectivity index (χ0) is 17.1. The lowest BCUT2D eigenvalue weighted by Crippen LogP contribution is -2.35. The fourth-order valence-electron chi connectivity index (χ4n) is 3.19. The van der Waals surface area contributed by atoms with Crippen LogP contribution in [-0.2, 0) is 17.6 Å². The van der Waals surface area contributed by atoms with Gasteiger partial charge in [-0.2, -0.15) is 0 Å². The minimum Gasteiger partial charge on any atom is -0.312 e. The molecule has 0 spiro atoms. The summed E-state index contributed by atoms with van der Waals surface area (Å²) in [5.74, 6) is 0.180. The molecule has 3 heterocycles. The number of anilines is 1. The van der Waals surface area contributed by atoms with Gasteiger partial charge in [0.15, 0.2) is 0 Å². The Bertz CT molecular complexity index is 875. The molecule has 0 radical (unpaired) electrons. The summed E-state index contributed by atoms with van der Waals surface area (Å²) in [7, 11) is 0. The van der Waals surface area contributed by atoms with Crippen molar-refractivity contribution in [2.45, 2.75) is 25.7 Å². The molecular formula is C20H19N3OS. The van der Waals surface area contributed by atoms with E-state index in [2.05, 4.69) is 22.1 Å². The lowest BCUT2D eigenvalue weighted by atomic mass is 10.0. The van der Waals surface area contributed by atoms with E-state index in [0.29, 0.717) is 12.8 Å². The van der Waals surface area contributed by atoms with E-state index < -0.39 is 0 Å². The summed E-state index contributed by atoms with van der Waals surface area (Å²) in [5, 5.41) is 2.94. The van der Waals surface area contributed by atoms with Crippen LogP contribution in [0.15, 0.2) is 54.0 Å². The Morgan fingerprint density at radius 1 is 1.16 bits per heavy atom. The van der Waals surface area contributed by atoms with Gasteiger partial charge in [-0.15, -0.1) is 11.3 Å². The first-order valence-corrected chi connectivity index (χ1v) is 9.43. The zero-order valence-electron chi connectivity index (χ0n) is 13.9.